The molecule has 0 bridgehead atoms. The Kier molecular flexibility index (Phi) is 8.44. The molecule has 1 aliphatic heterocycles. The van der Waals surface area contributed by atoms with E-state index in [1.807, 2.05) is 0 Å². The van der Waals surface area contributed by atoms with Gasteiger partial charge in [0.15, 0.2) is 0 Å². The number of ether oxygens (including phenoxy) is 1. The zero-order valence-electron chi connectivity index (χ0n) is 17.0. The molecular weight excluding hydrogens is 358 g/mol. The molecule has 0 saturated carbocycles. The highest BCUT2D eigenvalue weighted by atomic mass is 16.5. The number of carbonyl (C=O) groups excluding carboxylic acids is 3. The molecule has 1 heterocycles. The van der Waals surface area contributed by atoms with Crippen molar-refractivity contribution < 1.29 is 19.1 Å². The molecule has 7 nitrogen and oxygen atoms in total. The molecule has 1 aromatic carbocycles. The van der Waals surface area contributed by atoms with Gasteiger partial charge in [0.05, 0.1) is 25.1 Å². The first-order valence-electron chi connectivity index (χ1n) is 9.94. The van der Waals surface area contributed by atoms with Gasteiger partial charge in [0.1, 0.15) is 0 Å². The maximum atomic E-state index is 12.4. The van der Waals surface area contributed by atoms with E-state index in [2.05, 4.69) is 34.1 Å². The molecule has 7 heteroatoms. The van der Waals surface area contributed by atoms with Gasteiger partial charge in [-0.05, 0) is 50.5 Å². The summed E-state index contributed by atoms with van der Waals surface area (Å²) in [6.07, 6.45) is 3.78. The minimum atomic E-state index is -0.414. The molecule has 1 fully saturated rings. The Morgan fingerprint density at radius 3 is 2.54 bits per heavy atom. The van der Waals surface area contributed by atoms with Crippen LogP contribution in [0.25, 0.3) is 0 Å². The third-order valence-corrected chi connectivity index (χ3v) is 5.15. The van der Waals surface area contributed by atoms with Crippen molar-refractivity contribution in [3.8, 4) is 0 Å². The molecule has 2 rings (SSSR count). The van der Waals surface area contributed by atoms with Crippen LogP contribution >= 0.6 is 0 Å². The lowest BCUT2D eigenvalue weighted by Crippen LogP contribution is -2.49. The standard InChI is InChI=1S/C21H31N3O4/c1-4-5-12-22-20(26)17-7-6-15(2)24(13-17)14-19(25)23-18-10-8-16(9-11-18)21(27)28-3/h8-11,15,17H,4-7,12-14H2,1-3H3,(H,22,26)(H,23,25). The van der Waals surface area contributed by atoms with E-state index in [0.717, 1.165) is 25.7 Å². The zero-order valence-corrected chi connectivity index (χ0v) is 17.0. The first kappa shape index (κ1) is 21.9. The largest absolute Gasteiger partial charge is 0.465 e. The summed E-state index contributed by atoms with van der Waals surface area (Å²) < 4.78 is 4.66. The number of likely N-dealkylation sites (tertiary alicyclic amines) is 1. The van der Waals surface area contributed by atoms with Crippen LogP contribution in [0.15, 0.2) is 24.3 Å². The fourth-order valence-electron chi connectivity index (χ4n) is 3.34. The highest BCUT2D eigenvalue weighted by Crippen LogP contribution is 2.22. The van der Waals surface area contributed by atoms with E-state index >= 15 is 0 Å². The highest BCUT2D eigenvalue weighted by molar-refractivity contribution is 5.94. The minimum absolute atomic E-state index is 0.0693. The van der Waals surface area contributed by atoms with E-state index in [1.54, 1.807) is 24.3 Å². The second kappa shape index (κ2) is 10.8. The van der Waals surface area contributed by atoms with Crippen molar-refractivity contribution in [1.29, 1.82) is 0 Å². The second-order valence-corrected chi connectivity index (χ2v) is 7.31. The van der Waals surface area contributed by atoms with E-state index in [4.69, 9.17) is 0 Å². The Morgan fingerprint density at radius 2 is 1.89 bits per heavy atom. The summed E-state index contributed by atoms with van der Waals surface area (Å²) in [5.74, 6) is -0.530. The van der Waals surface area contributed by atoms with Crippen LogP contribution in [0.5, 0.6) is 0 Å². The van der Waals surface area contributed by atoms with Crippen LogP contribution < -0.4 is 10.6 Å². The number of hydrogen-bond acceptors (Lipinski definition) is 5. The van der Waals surface area contributed by atoms with Crippen LogP contribution in [0.3, 0.4) is 0 Å². The summed E-state index contributed by atoms with van der Waals surface area (Å²) in [6, 6.07) is 6.83. The predicted octanol–water partition coefficient (Wildman–Crippen LogP) is 2.43. The van der Waals surface area contributed by atoms with Gasteiger partial charge in [-0.15, -0.1) is 0 Å². The molecule has 2 amide bonds. The fraction of sp³-hybridized carbons (Fsp3) is 0.571. The van der Waals surface area contributed by atoms with Crippen LogP contribution in [0.1, 0.15) is 49.9 Å². The van der Waals surface area contributed by atoms with Gasteiger partial charge < -0.3 is 15.4 Å². The molecule has 1 aromatic rings. The van der Waals surface area contributed by atoms with Crippen LogP contribution in [0.4, 0.5) is 5.69 Å². The van der Waals surface area contributed by atoms with Gasteiger partial charge in [-0.25, -0.2) is 4.79 Å². The summed E-state index contributed by atoms with van der Waals surface area (Å²) >= 11 is 0. The molecule has 2 atom stereocenters. The lowest BCUT2D eigenvalue weighted by Gasteiger charge is -2.36. The molecule has 0 aromatic heterocycles. The van der Waals surface area contributed by atoms with E-state index in [-0.39, 0.29) is 30.3 Å². The van der Waals surface area contributed by atoms with Crippen LogP contribution in [0, 0.1) is 5.92 Å². The van der Waals surface area contributed by atoms with Crippen molar-refractivity contribution in [2.45, 2.75) is 45.6 Å². The Morgan fingerprint density at radius 1 is 1.18 bits per heavy atom. The summed E-state index contributed by atoms with van der Waals surface area (Å²) in [5, 5.41) is 5.84. The molecular formula is C21H31N3O4. The number of amides is 2. The molecule has 1 aliphatic rings. The van der Waals surface area contributed by atoms with Gasteiger partial charge in [-0.1, -0.05) is 13.3 Å². The number of anilines is 1. The fourth-order valence-corrected chi connectivity index (χ4v) is 3.34. The van der Waals surface area contributed by atoms with Gasteiger partial charge in [0.25, 0.3) is 0 Å². The Balaban J connectivity index is 1.87. The van der Waals surface area contributed by atoms with Crippen molar-refractivity contribution >= 4 is 23.5 Å². The minimum Gasteiger partial charge on any atom is -0.465 e. The van der Waals surface area contributed by atoms with Gasteiger partial charge in [0.2, 0.25) is 11.8 Å². The molecule has 28 heavy (non-hydrogen) atoms. The Bertz CT molecular complexity index is 675. The number of carbonyl (C=O) groups is 3. The summed E-state index contributed by atoms with van der Waals surface area (Å²) in [6.45, 7) is 5.72. The molecule has 154 valence electrons. The topological polar surface area (TPSA) is 87.7 Å². The van der Waals surface area contributed by atoms with Gasteiger partial charge >= 0.3 is 5.97 Å². The second-order valence-electron chi connectivity index (χ2n) is 7.31. The van der Waals surface area contributed by atoms with Gasteiger partial charge in [-0.3, -0.25) is 14.5 Å². The molecule has 2 N–H and O–H groups in total. The third-order valence-electron chi connectivity index (χ3n) is 5.15. The Hall–Kier alpha value is -2.41. The zero-order chi connectivity index (χ0) is 20.5. The Labute approximate surface area is 166 Å². The third kappa shape index (κ3) is 6.34. The summed E-state index contributed by atoms with van der Waals surface area (Å²) in [5.41, 5.74) is 1.05. The van der Waals surface area contributed by atoms with Crippen LogP contribution in [-0.4, -0.2) is 55.5 Å². The average Bonchev–Trinajstić information content (AvgIpc) is 2.69. The van der Waals surface area contributed by atoms with Gasteiger partial charge in [0, 0.05) is 24.8 Å². The number of benzene rings is 1. The molecule has 1 saturated heterocycles. The smallest absolute Gasteiger partial charge is 0.337 e. The predicted molar refractivity (Wildman–Crippen MR) is 108 cm³/mol. The number of piperidine rings is 1. The van der Waals surface area contributed by atoms with Gasteiger partial charge in [-0.2, -0.15) is 0 Å². The number of methoxy groups -OCH3 is 1. The van der Waals surface area contributed by atoms with Crippen LogP contribution in [-0.2, 0) is 14.3 Å². The first-order valence-corrected chi connectivity index (χ1v) is 9.94. The van der Waals surface area contributed by atoms with Crippen molar-refractivity contribution in [3.05, 3.63) is 29.8 Å². The summed E-state index contributed by atoms with van der Waals surface area (Å²) in [7, 11) is 1.33. The van der Waals surface area contributed by atoms with Crippen molar-refractivity contribution in [1.82, 2.24) is 10.2 Å². The van der Waals surface area contributed by atoms with E-state index in [9.17, 15) is 14.4 Å². The van der Waals surface area contributed by atoms with Crippen molar-refractivity contribution in [2.75, 3.05) is 32.1 Å². The summed E-state index contributed by atoms with van der Waals surface area (Å²) in [4.78, 5) is 38.3. The van der Waals surface area contributed by atoms with E-state index in [0.29, 0.717) is 24.3 Å². The molecule has 0 aliphatic carbocycles. The highest BCUT2D eigenvalue weighted by Gasteiger charge is 2.30. The maximum absolute atomic E-state index is 12.4. The maximum Gasteiger partial charge on any atom is 0.337 e. The average molecular weight is 389 g/mol. The van der Waals surface area contributed by atoms with E-state index in [1.165, 1.54) is 7.11 Å². The normalized spacial score (nSPS) is 19.7. The van der Waals surface area contributed by atoms with Crippen molar-refractivity contribution in [2.24, 2.45) is 5.92 Å². The molecule has 0 spiro atoms. The number of rotatable bonds is 8. The number of hydrogen-bond donors (Lipinski definition) is 2. The SMILES string of the molecule is CCCCNC(=O)C1CCC(C)N(CC(=O)Nc2ccc(C(=O)OC)cc2)C1. The quantitative estimate of drug-likeness (QED) is 0.527. The lowest BCUT2D eigenvalue weighted by molar-refractivity contribution is -0.128. The van der Waals surface area contributed by atoms with Crippen LogP contribution in [0.2, 0.25) is 0 Å². The van der Waals surface area contributed by atoms with E-state index < -0.39 is 5.97 Å². The monoisotopic (exact) mass is 389 g/mol. The number of nitrogens with zero attached hydrogens (tertiary/aromatic N) is 1. The first-order chi connectivity index (χ1) is 13.4. The number of nitrogens with one attached hydrogen (secondary N) is 2. The lowest BCUT2D eigenvalue weighted by atomic mass is 9.92. The van der Waals surface area contributed by atoms with Crippen molar-refractivity contribution in [3.63, 3.8) is 0 Å². The number of esters is 1. The molecule has 2 unspecified atom stereocenters. The molecule has 0 radical (unpaired) electrons. The number of unbranched alkanes of at least 4 members (excludes halogenated alkanes) is 1.